The van der Waals surface area contributed by atoms with E-state index in [0.29, 0.717) is 0 Å². The van der Waals surface area contributed by atoms with E-state index >= 15 is 8.78 Å². The molecule has 38 heavy (non-hydrogen) atoms. The molecule has 4 heterocycles. The van der Waals surface area contributed by atoms with Gasteiger partial charge in [-0.25, -0.2) is 35.8 Å². The molecular formula is C23H21F6N7O2. The van der Waals surface area contributed by atoms with E-state index in [0.717, 1.165) is 33.2 Å². The van der Waals surface area contributed by atoms with Crippen molar-refractivity contribution >= 4 is 28.4 Å². The minimum Gasteiger partial charge on any atom is -0.479 e. The third-order valence-corrected chi connectivity index (χ3v) is 6.32. The van der Waals surface area contributed by atoms with Gasteiger partial charge in [0.25, 0.3) is 12.3 Å². The Kier molecular flexibility index (Phi) is 5.24. The average Bonchev–Trinajstić information content (AvgIpc) is 3.43. The Bertz CT molecular complexity index is 1670. The van der Waals surface area contributed by atoms with Crippen LogP contribution in [0.5, 0.6) is 5.88 Å². The number of methoxy groups -OCH3 is 1. The highest BCUT2D eigenvalue weighted by Crippen LogP contribution is 2.37. The maximum Gasteiger partial charge on any atom is 0.286 e. The van der Waals surface area contributed by atoms with Crippen molar-refractivity contribution in [2.24, 2.45) is 0 Å². The minimum atomic E-state index is -3.41. The van der Waals surface area contributed by atoms with Crippen molar-refractivity contribution in [3.05, 3.63) is 35.8 Å². The number of anilines is 1. The predicted octanol–water partition coefficient (Wildman–Crippen LogP) is 3.88. The summed E-state index contributed by atoms with van der Waals surface area (Å²) in [5.74, 6) is -7.28. The summed E-state index contributed by atoms with van der Waals surface area (Å²) in [4.78, 5) is 20.4. The maximum absolute atomic E-state index is 15.4. The molecule has 0 unspecified atom stereocenters. The van der Waals surface area contributed by atoms with Crippen molar-refractivity contribution < 1.29 is 40.0 Å². The van der Waals surface area contributed by atoms with Gasteiger partial charge in [-0.05, 0) is 24.6 Å². The fourth-order valence-corrected chi connectivity index (χ4v) is 4.57. The Morgan fingerprint density at radius 1 is 1.29 bits per heavy atom. The molecule has 0 spiro atoms. The van der Waals surface area contributed by atoms with Crippen LogP contribution in [0.1, 0.15) is 16.9 Å². The number of aromatic nitrogens is 5. The minimum absolute atomic E-state index is 0.0764. The van der Waals surface area contributed by atoms with E-state index in [2.05, 4.69) is 20.4 Å². The van der Waals surface area contributed by atoms with Crippen LogP contribution in [0.15, 0.2) is 18.3 Å². The summed E-state index contributed by atoms with van der Waals surface area (Å²) >= 11 is 0. The van der Waals surface area contributed by atoms with Gasteiger partial charge >= 0.3 is 0 Å². The summed E-state index contributed by atoms with van der Waals surface area (Å²) < 4.78 is 115. The SMILES string of the molecule is [2H]C([2H])([2H])Oc1nc(N[C@@H]2CN(C(C)=O)CC2(F)F)nn2cc(F)c(-c3cc(F)c4nc(C)n(CC(F)F)c4c3)c12. The molecule has 0 saturated carbocycles. The standard InChI is InChI=1S/C23H21F6N7O2/c1-10-30-19-13(24)4-12(5-15(19)35(10)8-17(26)27)18-14(25)6-36-20(18)21(38-3)32-22(33-36)31-16-7-34(11(2)37)9-23(16,28)29/h4-6,16-17H,7-9H2,1-3H3,(H,31,33)/t16-/m1/s1/i3D3. The first-order valence-corrected chi connectivity index (χ1v) is 11.2. The number of halogens is 6. The number of carbonyl (C=O) groups is 1. The molecule has 0 aliphatic carbocycles. The van der Waals surface area contributed by atoms with Crippen LogP contribution >= 0.6 is 0 Å². The number of imidazole rings is 1. The number of hydrogen-bond acceptors (Lipinski definition) is 6. The number of ether oxygens (including phenoxy) is 1. The fraction of sp³-hybridized carbons (Fsp3) is 0.391. The molecule has 1 saturated heterocycles. The van der Waals surface area contributed by atoms with E-state index in [9.17, 15) is 22.4 Å². The zero-order valence-corrected chi connectivity index (χ0v) is 19.8. The second-order valence-corrected chi connectivity index (χ2v) is 8.83. The lowest BCUT2D eigenvalue weighted by molar-refractivity contribution is -0.129. The van der Waals surface area contributed by atoms with Gasteiger partial charge in [-0.2, -0.15) is 4.98 Å². The van der Waals surface area contributed by atoms with Crippen molar-refractivity contribution in [3.8, 4) is 17.0 Å². The number of aryl methyl sites for hydroxylation is 1. The topological polar surface area (TPSA) is 89.6 Å². The van der Waals surface area contributed by atoms with E-state index in [-0.39, 0.29) is 22.4 Å². The molecule has 15 heteroatoms. The van der Waals surface area contributed by atoms with E-state index in [1.165, 1.54) is 13.0 Å². The Morgan fingerprint density at radius 2 is 2.05 bits per heavy atom. The second-order valence-electron chi connectivity index (χ2n) is 8.83. The molecule has 0 radical (unpaired) electrons. The predicted molar refractivity (Wildman–Crippen MR) is 124 cm³/mol. The van der Waals surface area contributed by atoms with Crippen molar-refractivity contribution in [1.29, 1.82) is 0 Å². The van der Waals surface area contributed by atoms with Gasteiger partial charge < -0.3 is 19.5 Å². The quantitative estimate of drug-likeness (QED) is 0.371. The first-order valence-electron chi connectivity index (χ1n) is 12.7. The van der Waals surface area contributed by atoms with E-state index in [4.69, 9.17) is 8.85 Å². The monoisotopic (exact) mass is 544 g/mol. The van der Waals surface area contributed by atoms with E-state index < -0.39 is 85.5 Å². The van der Waals surface area contributed by atoms with Crippen LogP contribution in [0.25, 0.3) is 27.7 Å². The van der Waals surface area contributed by atoms with Gasteiger partial charge in [0.1, 0.15) is 22.9 Å². The Balaban J connectivity index is 1.66. The van der Waals surface area contributed by atoms with Gasteiger partial charge in [-0.15, -0.1) is 5.10 Å². The molecule has 1 aromatic carbocycles. The lowest BCUT2D eigenvalue weighted by Crippen LogP contribution is -2.38. The molecule has 1 amide bonds. The number of benzene rings is 1. The molecule has 202 valence electrons. The number of hydrogen-bond donors (Lipinski definition) is 1. The average molecular weight is 544 g/mol. The van der Waals surface area contributed by atoms with E-state index in [1.54, 1.807) is 0 Å². The molecule has 1 atom stereocenters. The third kappa shape index (κ3) is 4.24. The van der Waals surface area contributed by atoms with Crippen LogP contribution in [0.3, 0.4) is 0 Å². The largest absolute Gasteiger partial charge is 0.479 e. The van der Waals surface area contributed by atoms with Crippen LogP contribution in [0, 0.1) is 18.6 Å². The van der Waals surface area contributed by atoms with Crippen LogP contribution < -0.4 is 10.1 Å². The molecule has 1 aliphatic rings. The van der Waals surface area contributed by atoms with Gasteiger partial charge in [-0.1, -0.05) is 0 Å². The molecule has 5 rings (SSSR count). The summed E-state index contributed by atoms with van der Waals surface area (Å²) in [5.41, 5.74) is -1.36. The van der Waals surface area contributed by atoms with Gasteiger partial charge in [0, 0.05) is 13.5 Å². The van der Waals surface area contributed by atoms with Crippen molar-refractivity contribution in [3.63, 3.8) is 0 Å². The summed E-state index contributed by atoms with van der Waals surface area (Å²) in [6.45, 7) is 0.399. The molecule has 0 bridgehead atoms. The van der Waals surface area contributed by atoms with Crippen molar-refractivity contribution in [2.45, 2.75) is 38.8 Å². The Labute approximate surface area is 215 Å². The van der Waals surface area contributed by atoms with Gasteiger partial charge in [0.2, 0.25) is 17.7 Å². The maximum atomic E-state index is 15.4. The lowest BCUT2D eigenvalue weighted by Gasteiger charge is -2.19. The molecule has 3 aromatic heterocycles. The molecule has 1 N–H and O–H groups in total. The highest BCUT2D eigenvalue weighted by molar-refractivity contribution is 5.90. The molecular weight excluding hydrogens is 520 g/mol. The number of nitrogens with zero attached hydrogens (tertiary/aromatic N) is 6. The van der Waals surface area contributed by atoms with Crippen molar-refractivity contribution in [1.82, 2.24) is 29.0 Å². The number of rotatable bonds is 6. The summed E-state index contributed by atoms with van der Waals surface area (Å²) in [6.07, 6.45) is -2.04. The smallest absolute Gasteiger partial charge is 0.286 e. The lowest BCUT2D eigenvalue weighted by atomic mass is 10.1. The number of amides is 1. The van der Waals surface area contributed by atoms with Crippen LogP contribution in [0.2, 0.25) is 0 Å². The molecule has 9 nitrogen and oxygen atoms in total. The normalized spacial score (nSPS) is 18.7. The number of alkyl halides is 4. The van der Waals surface area contributed by atoms with Crippen LogP contribution in [-0.2, 0) is 11.3 Å². The summed E-state index contributed by atoms with van der Waals surface area (Å²) in [7, 11) is -3.14. The van der Waals surface area contributed by atoms with Crippen LogP contribution in [-0.4, -0.2) is 73.5 Å². The van der Waals surface area contributed by atoms with Gasteiger partial charge in [0.15, 0.2) is 11.6 Å². The number of nitrogens with one attached hydrogen (secondary N) is 1. The van der Waals surface area contributed by atoms with Crippen LogP contribution in [0.4, 0.5) is 32.3 Å². The Morgan fingerprint density at radius 3 is 2.71 bits per heavy atom. The Hall–Kier alpha value is -4.04. The summed E-state index contributed by atoms with van der Waals surface area (Å²) in [6, 6.07) is 0.403. The highest BCUT2D eigenvalue weighted by Gasteiger charge is 2.49. The van der Waals surface area contributed by atoms with Crippen molar-refractivity contribution in [2.75, 3.05) is 25.4 Å². The first kappa shape index (κ1) is 22.0. The second kappa shape index (κ2) is 9.06. The zero-order valence-electron chi connectivity index (χ0n) is 22.8. The molecule has 4 aromatic rings. The number of carbonyl (C=O) groups excluding carboxylic acids is 1. The number of fused-ring (bicyclic) bond motifs is 2. The fourth-order valence-electron chi connectivity index (χ4n) is 4.57. The van der Waals surface area contributed by atoms with Gasteiger partial charge in [0.05, 0.1) is 41.5 Å². The zero-order chi connectivity index (χ0) is 30.0. The number of likely N-dealkylation sites (tertiary alicyclic amines) is 1. The first-order chi connectivity index (χ1) is 19.0. The van der Waals surface area contributed by atoms with E-state index in [1.807, 2.05) is 0 Å². The molecule has 1 aliphatic heterocycles. The molecule has 1 fully saturated rings. The third-order valence-electron chi connectivity index (χ3n) is 6.32. The highest BCUT2D eigenvalue weighted by atomic mass is 19.3. The summed E-state index contributed by atoms with van der Waals surface area (Å²) in [5, 5.41) is 6.31. The van der Waals surface area contributed by atoms with Gasteiger partial charge in [-0.3, -0.25) is 4.79 Å².